The van der Waals surface area contributed by atoms with Crippen LogP contribution in [0.5, 0.6) is 5.75 Å². The van der Waals surface area contributed by atoms with Crippen molar-refractivity contribution >= 4 is 0 Å². The van der Waals surface area contributed by atoms with Crippen molar-refractivity contribution < 1.29 is 14.2 Å². The molecule has 24 heavy (non-hydrogen) atoms. The van der Waals surface area contributed by atoms with Crippen LogP contribution in [0.25, 0.3) is 0 Å². The third kappa shape index (κ3) is 4.52. The monoisotopic (exact) mass is 330 g/mol. The molecule has 0 aliphatic carbocycles. The number of hydrogen-bond donors (Lipinski definition) is 1. The van der Waals surface area contributed by atoms with Gasteiger partial charge in [0.05, 0.1) is 11.8 Å². The predicted octanol–water partition coefficient (Wildman–Crippen LogP) is 3.42. The summed E-state index contributed by atoms with van der Waals surface area (Å²) in [5.74, 6) is -0.0283. The maximum absolute atomic E-state index is 13.1. The molecule has 5 heteroatoms. The van der Waals surface area contributed by atoms with Crippen LogP contribution >= 0.6 is 0 Å². The maximum atomic E-state index is 13.1. The largest absolute Gasteiger partial charge is 0.506 e. The zero-order valence-electron chi connectivity index (χ0n) is 13.9. The first-order chi connectivity index (χ1) is 11.6. The lowest BCUT2D eigenvalue weighted by Crippen LogP contribution is -2.31. The van der Waals surface area contributed by atoms with Gasteiger partial charge in [-0.3, -0.25) is 9.88 Å². The van der Waals surface area contributed by atoms with Crippen molar-refractivity contribution in [2.24, 2.45) is 0 Å². The van der Waals surface area contributed by atoms with Crippen molar-refractivity contribution in [3.05, 3.63) is 59.2 Å². The van der Waals surface area contributed by atoms with Crippen LogP contribution in [-0.4, -0.2) is 34.2 Å². The molecule has 0 radical (unpaired) electrons. The van der Waals surface area contributed by atoms with E-state index in [9.17, 15) is 9.50 Å². The molecule has 1 aliphatic rings. The van der Waals surface area contributed by atoms with E-state index in [2.05, 4.69) is 9.88 Å². The Kier molecular flexibility index (Phi) is 5.43. The molecule has 1 aromatic carbocycles. The molecule has 0 spiro atoms. The molecule has 1 N–H and O–H groups in total. The number of benzene rings is 1. The van der Waals surface area contributed by atoms with Gasteiger partial charge in [-0.05, 0) is 49.6 Å². The molecule has 4 nitrogen and oxygen atoms in total. The number of halogens is 1. The molecule has 0 saturated carbocycles. The quantitative estimate of drug-likeness (QED) is 0.881. The number of nitrogens with zero attached hydrogens (tertiary/aromatic N) is 2. The summed E-state index contributed by atoms with van der Waals surface area (Å²) in [4.78, 5) is 6.65. The summed E-state index contributed by atoms with van der Waals surface area (Å²) in [6, 6.07) is 10.0. The highest BCUT2D eigenvalue weighted by molar-refractivity contribution is 5.27. The van der Waals surface area contributed by atoms with Gasteiger partial charge in [-0.25, -0.2) is 4.39 Å². The second kappa shape index (κ2) is 7.73. The Morgan fingerprint density at radius 1 is 1.21 bits per heavy atom. The molecule has 0 amide bonds. The molecule has 2 heterocycles. The highest BCUT2D eigenvalue weighted by Gasteiger charge is 2.21. The van der Waals surface area contributed by atoms with E-state index in [4.69, 9.17) is 4.74 Å². The minimum atomic E-state index is -0.234. The van der Waals surface area contributed by atoms with E-state index in [1.165, 1.54) is 12.1 Å². The molecule has 2 aromatic rings. The average molecular weight is 330 g/mol. The molecule has 0 bridgehead atoms. The Balaban J connectivity index is 1.75. The Labute approximate surface area is 141 Å². The van der Waals surface area contributed by atoms with Crippen LogP contribution in [0.2, 0.25) is 0 Å². The number of rotatable bonds is 6. The van der Waals surface area contributed by atoms with Crippen molar-refractivity contribution in [1.29, 1.82) is 0 Å². The lowest BCUT2D eigenvalue weighted by molar-refractivity contribution is 0.0671. The summed E-state index contributed by atoms with van der Waals surface area (Å²) in [7, 11) is 0. The molecule has 1 atom stereocenters. The summed E-state index contributed by atoms with van der Waals surface area (Å²) in [6.07, 6.45) is 2.34. The standard InChI is InChI=1S/C19H23FN2O2/c1-14-4-9-19(23)18(21-14)13-22(12-17-3-2-10-24-17)11-15-5-7-16(20)8-6-15/h4-9,17,23H,2-3,10-13H2,1H3/t17-/m0/s1. The topological polar surface area (TPSA) is 45.6 Å². The Hall–Kier alpha value is -1.98. The van der Waals surface area contributed by atoms with Crippen molar-refractivity contribution in [2.75, 3.05) is 13.2 Å². The summed E-state index contributed by atoms with van der Waals surface area (Å²) in [5, 5.41) is 10.1. The summed E-state index contributed by atoms with van der Waals surface area (Å²) in [6.45, 7) is 4.68. The highest BCUT2D eigenvalue weighted by Crippen LogP contribution is 2.21. The molecular weight excluding hydrogens is 307 g/mol. The van der Waals surface area contributed by atoms with Gasteiger partial charge in [-0.2, -0.15) is 0 Å². The van der Waals surface area contributed by atoms with Crippen molar-refractivity contribution in [3.63, 3.8) is 0 Å². The first kappa shape index (κ1) is 16.9. The van der Waals surface area contributed by atoms with Crippen LogP contribution in [-0.2, 0) is 17.8 Å². The van der Waals surface area contributed by atoms with Crippen molar-refractivity contribution in [3.8, 4) is 5.75 Å². The molecule has 1 aromatic heterocycles. The molecule has 1 saturated heterocycles. The van der Waals surface area contributed by atoms with Crippen LogP contribution in [0.3, 0.4) is 0 Å². The molecular formula is C19H23FN2O2. The van der Waals surface area contributed by atoms with Crippen LogP contribution in [0.15, 0.2) is 36.4 Å². The smallest absolute Gasteiger partial charge is 0.138 e. The van der Waals surface area contributed by atoms with Crippen LogP contribution in [0.1, 0.15) is 29.8 Å². The SMILES string of the molecule is Cc1ccc(O)c(CN(Cc2ccc(F)cc2)C[C@@H]2CCCO2)n1. The van der Waals surface area contributed by atoms with E-state index in [0.29, 0.717) is 18.8 Å². The molecule has 0 unspecified atom stereocenters. The zero-order valence-corrected chi connectivity index (χ0v) is 13.9. The summed E-state index contributed by atoms with van der Waals surface area (Å²) in [5.41, 5.74) is 2.57. The first-order valence-corrected chi connectivity index (χ1v) is 8.34. The molecule has 3 rings (SSSR count). The van der Waals surface area contributed by atoms with Crippen molar-refractivity contribution in [2.45, 2.75) is 39.0 Å². The lowest BCUT2D eigenvalue weighted by Gasteiger charge is -2.25. The van der Waals surface area contributed by atoms with Crippen LogP contribution in [0.4, 0.5) is 4.39 Å². The van der Waals surface area contributed by atoms with E-state index in [-0.39, 0.29) is 17.7 Å². The Bertz CT molecular complexity index is 670. The van der Waals surface area contributed by atoms with Gasteiger partial charge in [0.25, 0.3) is 0 Å². The van der Waals surface area contributed by atoms with Gasteiger partial charge in [0.2, 0.25) is 0 Å². The number of hydrogen-bond acceptors (Lipinski definition) is 4. The van der Waals surface area contributed by atoms with Gasteiger partial charge in [-0.1, -0.05) is 12.1 Å². The van der Waals surface area contributed by atoms with Gasteiger partial charge in [0.1, 0.15) is 11.6 Å². The molecule has 1 aliphatic heterocycles. The fraction of sp³-hybridized carbons (Fsp3) is 0.421. The normalized spacial score (nSPS) is 17.5. The molecule has 128 valence electrons. The Morgan fingerprint density at radius 2 is 2.00 bits per heavy atom. The van der Waals surface area contributed by atoms with Crippen LogP contribution < -0.4 is 0 Å². The fourth-order valence-electron chi connectivity index (χ4n) is 3.04. The Morgan fingerprint density at radius 3 is 2.71 bits per heavy atom. The van der Waals surface area contributed by atoms with Gasteiger partial charge < -0.3 is 9.84 Å². The third-order valence-corrected chi connectivity index (χ3v) is 4.27. The fourth-order valence-corrected chi connectivity index (χ4v) is 3.04. The van der Waals surface area contributed by atoms with E-state index >= 15 is 0 Å². The van der Waals surface area contributed by atoms with E-state index in [1.807, 2.05) is 6.92 Å². The van der Waals surface area contributed by atoms with Crippen molar-refractivity contribution in [1.82, 2.24) is 9.88 Å². The number of aromatic nitrogens is 1. The molecule has 1 fully saturated rings. The second-order valence-corrected chi connectivity index (χ2v) is 6.35. The minimum absolute atomic E-state index is 0.206. The first-order valence-electron chi connectivity index (χ1n) is 8.34. The lowest BCUT2D eigenvalue weighted by atomic mass is 10.1. The maximum Gasteiger partial charge on any atom is 0.138 e. The second-order valence-electron chi connectivity index (χ2n) is 6.35. The minimum Gasteiger partial charge on any atom is -0.506 e. The predicted molar refractivity (Wildman–Crippen MR) is 90.1 cm³/mol. The number of ether oxygens (including phenoxy) is 1. The summed E-state index contributed by atoms with van der Waals surface area (Å²) < 4.78 is 18.9. The van der Waals surface area contributed by atoms with Gasteiger partial charge in [-0.15, -0.1) is 0 Å². The van der Waals surface area contributed by atoms with Gasteiger partial charge in [0.15, 0.2) is 0 Å². The van der Waals surface area contributed by atoms with Gasteiger partial charge in [0, 0.05) is 31.9 Å². The summed E-state index contributed by atoms with van der Waals surface area (Å²) >= 11 is 0. The van der Waals surface area contributed by atoms with E-state index in [1.54, 1.807) is 24.3 Å². The zero-order chi connectivity index (χ0) is 16.9. The third-order valence-electron chi connectivity index (χ3n) is 4.27. The highest BCUT2D eigenvalue weighted by atomic mass is 19.1. The van der Waals surface area contributed by atoms with Crippen LogP contribution in [0, 0.1) is 12.7 Å². The van der Waals surface area contributed by atoms with E-state index in [0.717, 1.165) is 37.3 Å². The van der Waals surface area contributed by atoms with Gasteiger partial charge >= 0.3 is 0 Å². The average Bonchev–Trinajstić information content (AvgIpc) is 3.06. The number of aromatic hydroxyl groups is 1. The number of aryl methyl sites for hydroxylation is 1. The number of pyridine rings is 1. The van der Waals surface area contributed by atoms with E-state index < -0.39 is 0 Å².